The number of hydrogen-bond donors (Lipinski definition) is 0. The molecule has 0 aliphatic rings. The van der Waals surface area contributed by atoms with Gasteiger partial charge in [-0.15, -0.1) is 10.2 Å². The second-order valence-corrected chi connectivity index (χ2v) is 4.60. The second-order valence-electron chi connectivity index (χ2n) is 4.19. The number of halogens is 2. The summed E-state index contributed by atoms with van der Waals surface area (Å²) in [7, 11) is 0. The van der Waals surface area contributed by atoms with E-state index in [4.69, 9.17) is 16.0 Å². The molecule has 0 atom stereocenters. The maximum absolute atomic E-state index is 12.9. The van der Waals surface area contributed by atoms with Crippen molar-refractivity contribution < 1.29 is 8.81 Å². The van der Waals surface area contributed by atoms with Crippen LogP contribution in [0.3, 0.4) is 0 Å². The van der Waals surface area contributed by atoms with Crippen LogP contribution >= 0.6 is 11.6 Å². The summed E-state index contributed by atoms with van der Waals surface area (Å²) in [5.41, 5.74) is 1.50. The topological polar surface area (TPSA) is 51.8 Å². The Balaban J connectivity index is 1.88. The SMILES string of the molecule is Fc1ccc(-c2nnc(/C(Cl)=C/c3ccncc3)o2)cc1. The third-order valence-electron chi connectivity index (χ3n) is 2.72. The van der Waals surface area contributed by atoms with Gasteiger partial charge in [-0.1, -0.05) is 11.6 Å². The molecule has 0 spiro atoms. The van der Waals surface area contributed by atoms with Crippen molar-refractivity contribution >= 4 is 22.7 Å². The van der Waals surface area contributed by atoms with Gasteiger partial charge in [-0.2, -0.15) is 0 Å². The molecule has 1 aromatic carbocycles. The van der Waals surface area contributed by atoms with Crippen LogP contribution in [0.2, 0.25) is 0 Å². The number of pyridine rings is 1. The molecule has 0 aliphatic carbocycles. The van der Waals surface area contributed by atoms with Crippen LogP contribution in [0.5, 0.6) is 0 Å². The van der Waals surface area contributed by atoms with E-state index in [1.807, 2.05) is 0 Å². The van der Waals surface area contributed by atoms with E-state index in [1.54, 1.807) is 42.7 Å². The Labute approximate surface area is 124 Å². The molecule has 0 aliphatic heterocycles. The molecular formula is C15H9ClFN3O. The summed E-state index contributed by atoms with van der Waals surface area (Å²) >= 11 is 6.15. The molecule has 3 aromatic rings. The van der Waals surface area contributed by atoms with Crippen molar-refractivity contribution in [1.29, 1.82) is 0 Å². The van der Waals surface area contributed by atoms with Crippen LogP contribution in [0.4, 0.5) is 4.39 Å². The van der Waals surface area contributed by atoms with Gasteiger partial charge in [0.1, 0.15) is 10.8 Å². The molecule has 0 saturated heterocycles. The Kier molecular flexibility index (Phi) is 3.75. The Morgan fingerprint density at radius 2 is 1.76 bits per heavy atom. The molecule has 0 fully saturated rings. The molecule has 0 bridgehead atoms. The Morgan fingerprint density at radius 3 is 2.48 bits per heavy atom. The zero-order chi connectivity index (χ0) is 14.7. The smallest absolute Gasteiger partial charge is 0.259 e. The molecule has 0 radical (unpaired) electrons. The molecule has 104 valence electrons. The van der Waals surface area contributed by atoms with Gasteiger partial charge < -0.3 is 4.42 Å². The number of nitrogens with zero attached hydrogens (tertiary/aromatic N) is 3. The van der Waals surface area contributed by atoms with Crippen LogP contribution in [-0.4, -0.2) is 15.2 Å². The first-order valence-corrected chi connectivity index (χ1v) is 6.47. The number of benzene rings is 1. The van der Waals surface area contributed by atoms with Crippen LogP contribution in [-0.2, 0) is 0 Å². The minimum absolute atomic E-state index is 0.202. The number of rotatable bonds is 3. The monoisotopic (exact) mass is 301 g/mol. The fourth-order valence-electron chi connectivity index (χ4n) is 1.70. The highest BCUT2D eigenvalue weighted by atomic mass is 35.5. The van der Waals surface area contributed by atoms with Crippen LogP contribution in [0.1, 0.15) is 11.5 Å². The van der Waals surface area contributed by atoms with Gasteiger partial charge in [0.15, 0.2) is 0 Å². The van der Waals surface area contributed by atoms with Gasteiger partial charge in [-0.25, -0.2) is 4.39 Å². The van der Waals surface area contributed by atoms with Crippen LogP contribution in [0, 0.1) is 5.82 Å². The minimum Gasteiger partial charge on any atom is -0.415 e. The Bertz CT molecular complexity index is 769. The lowest BCUT2D eigenvalue weighted by molar-refractivity contribution is 0.556. The van der Waals surface area contributed by atoms with E-state index in [0.717, 1.165) is 5.56 Å². The van der Waals surface area contributed by atoms with E-state index in [1.165, 1.54) is 12.1 Å². The normalized spacial score (nSPS) is 11.6. The zero-order valence-corrected chi connectivity index (χ0v) is 11.5. The van der Waals surface area contributed by atoms with Gasteiger partial charge in [0.05, 0.1) is 0 Å². The molecule has 21 heavy (non-hydrogen) atoms. The second kappa shape index (κ2) is 5.85. The molecule has 0 N–H and O–H groups in total. The van der Waals surface area contributed by atoms with Crippen LogP contribution in [0.15, 0.2) is 53.2 Å². The molecule has 0 amide bonds. The standard InChI is InChI=1S/C15H9ClFN3O/c16-13(9-10-5-7-18-8-6-10)15-20-19-14(21-15)11-1-3-12(17)4-2-11/h1-9H/b13-9-. The average molecular weight is 302 g/mol. The quantitative estimate of drug-likeness (QED) is 0.733. The first-order valence-electron chi connectivity index (χ1n) is 6.09. The van der Waals surface area contributed by atoms with Crippen LogP contribution < -0.4 is 0 Å². The molecular weight excluding hydrogens is 293 g/mol. The summed E-state index contributed by atoms with van der Waals surface area (Å²) in [6, 6.07) is 9.39. The van der Waals surface area contributed by atoms with Gasteiger partial charge >= 0.3 is 0 Å². The molecule has 0 unspecified atom stereocenters. The van der Waals surface area contributed by atoms with Crippen molar-refractivity contribution in [3.63, 3.8) is 0 Å². The zero-order valence-electron chi connectivity index (χ0n) is 10.7. The van der Waals surface area contributed by atoms with Gasteiger partial charge in [0.25, 0.3) is 5.89 Å². The maximum Gasteiger partial charge on any atom is 0.259 e. The lowest BCUT2D eigenvalue weighted by atomic mass is 10.2. The lowest BCUT2D eigenvalue weighted by Crippen LogP contribution is -1.79. The fraction of sp³-hybridized carbons (Fsp3) is 0. The molecule has 2 heterocycles. The summed E-state index contributed by atoms with van der Waals surface area (Å²) in [6.07, 6.45) is 5.02. The van der Waals surface area contributed by atoms with Gasteiger partial charge in [-0.3, -0.25) is 4.98 Å². The summed E-state index contributed by atoms with van der Waals surface area (Å²) in [6.45, 7) is 0. The lowest BCUT2D eigenvalue weighted by Gasteiger charge is -1.95. The Morgan fingerprint density at radius 1 is 1.05 bits per heavy atom. The summed E-state index contributed by atoms with van der Waals surface area (Å²) in [4.78, 5) is 3.92. The third kappa shape index (κ3) is 3.14. The van der Waals surface area contributed by atoms with Crippen LogP contribution in [0.25, 0.3) is 22.6 Å². The van der Waals surface area contributed by atoms with Gasteiger partial charge in [-0.05, 0) is 48.0 Å². The van der Waals surface area contributed by atoms with Crippen molar-refractivity contribution in [3.05, 3.63) is 66.1 Å². The largest absolute Gasteiger partial charge is 0.415 e. The molecule has 4 nitrogen and oxygen atoms in total. The van der Waals surface area contributed by atoms with Crippen molar-refractivity contribution in [3.8, 4) is 11.5 Å². The van der Waals surface area contributed by atoms with Crippen molar-refractivity contribution in [1.82, 2.24) is 15.2 Å². The highest BCUT2D eigenvalue weighted by Crippen LogP contribution is 2.25. The molecule has 3 rings (SSSR count). The first kappa shape index (κ1) is 13.5. The summed E-state index contributed by atoms with van der Waals surface area (Å²) in [5, 5.41) is 8.11. The molecule has 6 heteroatoms. The summed E-state index contributed by atoms with van der Waals surface area (Å²) < 4.78 is 18.4. The molecule has 0 saturated carbocycles. The summed E-state index contributed by atoms with van der Waals surface area (Å²) in [5.74, 6) is 0.160. The number of aromatic nitrogens is 3. The number of hydrogen-bond acceptors (Lipinski definition) is 4. The Hall–Kier alpha value is -2.53. The van der Waals surface area contributed by atoms with Crippen molar-refractivity contribution in [2.75, 3.05) is 0 Å². The van der Waals surface area contributed by atoms with E-state index in [9.17, 15) is 4.39 Å². The van der Waals surface area contributed by atoms with E-state index in [-0.39, 0.29) is 17.6 Å². The third-order valence-corrected chi connectivity index (χ3v) is 2.99. The van der Waals surface area contributed by atoms with Gasteiger partial charge in [0, 0.05) is 18.0 Å². The van der Waals surface area contributed by atoms with E-state index < -0.39 is 0 Å². The first-order chi connectivity index (χ1) is 10.2. The van der Waals surface area contributed by atoms with Gasteiger partial charge in [0.2, 0.25) is 5.89 Å². The average Bonchev–Trinajstić information content (AvgIpc) is 2.99. The highest BCUT2D eigenvalue weighted by Gasteiger charge is 2.11. The van der Waals surface area contributed by atoms with E-state index >= 15 is 0 Å². The van der Waals surface area contributed by atoms with Crippen molar-refractivity contribution in [2.24, 2.45) is 0 Å². The predicted octanol–water partition coefficient (Wildman–Crippen LogP) is 4.01. The minimum atomic E-state index is -0.325. The van der Waals surface area contributed by atoms with E-state index in [0.29, 0.717) is 10.6 Å². The maximum atomic E-state index is 12.9. The highest BCUT2D eigenvalue weighted by molar-refractivity contribution is 6.50. The van der Waals surface area contributed by atoms with Crippen molar-refractivity contribution in [2.45, 2.75) is 0 Å². The van der Waals surface area contributed by atoms with E-state index in [2.05, 4.69) is 15.2 Å². The molecule has 2 aromatic heterocycles. The predicted molar refractivity (Wildman–Crippen MR) is 77.7 cm³/mol. The fourth-order valence-corrected chi connectivity index (χ4v) is 1.90.